The van der Waals surface area contributed by atoms with Crippen LogP contribution in [0.2, 0.25) is 0 Å². The van der Waals surface area contributed by atoms with Gasteiger partial charge in [0.2, 0.25) is 11.8 Å². The average Bonchev–Trinajstić information content (AvgIpc) is 2.60. The van der Waals surface area contributed by atoms with Crippen LogP contribution in [0.25, 0.3) is 0 Å². The van der Waals surface area contributed by atoms with E-state index in [2.05, 4.69) is 37.4 Å². The lowest BCUT2D eigenvalue weighted by Gasteiger charge is -2.24. The third-order valence-corrected chi connectivity index (χ3v) is 4.37. The van der Waals surface area contributed by atoms with Gasteiger partial charge in [0.25, 0.3) is 0 Å². The van der Waals surface area contributed by atoms with Gasteiger partial charge >= 0.3 is 0 Å². The number of benzene rings is 1. The molecule has 114 valence electrons. The zero-order valence-electron chi connectivity index (χ0n) is 13.5. The van der Waals surface area contributed by atoms with Gasteiger partial charge in [0.05, 0.1) is 11.5 Å². The molecule has 0 radical (unpaired) electrons. The summed E-state index contributed by atoms with van der Waals surface area (Å²) in [5.41, 5.74) is 2.99. The summed E-state index contributed by atoms with van der Waals surface area (Å²) in [6, 6.07) is 6.21. The van der Waals surface area contributed by atoms with Crippen LogP contribution in [0.4, 0.5) is 0 Å². The van der Waals surface area contributed by atoms with Crippen LogP contribution >= 0.6 is 0 Å². The molecule has 2 rings (SSSR count). The van der Waals surface area contributed by atoms with E-state index < -0.39 is 5.41 Å². The summed E-state index contributed by atoms with van der Waals surface area (Å²) in [4.78, 5) is 25.8. The van der Waals surface area contributed by atoms with Crippen LogP contribution in [-0.4, -0.2) is 30.3 Å². The third kappa shape index (κ3) is 3.00. The number of hydrogen-bond donors (Lipinski definition) is 1. The second kappa shape index (κ2) is 5.60. The minimum absolute atomic E-state index is 0.0360. The summed E-state index contributed by atoms with van der Waals surface area (Å²) >= 11 is 0. The van der Waals surface area contributed by atoms with E-state index in [1.54, 1.807) is 0 Å². The number of carbonyl (C=O) groups excluding carboxylic acids is 2. The highest BCUT2D eigenvalue weighted by Gasteiger charge is 2.45. The number of nitrogens with one attached hydrogen (secondary N) is 1. The second-order valence-electron chi connectivity index (χ2n) is 6.56. The van der Waals surface area contributed by atoms with Crippen molar-refractivity contribution < 1.29 is 9.59 Å². The van der Waals surface area contributed by atoms with Crippen molar-refractivity contribution in [2.24, 2.45) is 5.41 Å². The lowest BCUT2D eigenvalue weighted by atomic mass is 9.92. The normalized spacial score (nSPS) is 19.2. The van der Waals surface area contributed by atoms with E-state index in [9.17, 15) is 9.59 Å². The van der Waals surface area contributed by atoms with Crippen LogP contribution in [0, 0.1) is 19.3 Å². The molecule has 1 heterocycles. The van der Waals surface area contributed by atoms with Crippen LogP contribution in [0.15, 0.2) is 18.2 Å². The molecular weight excluding hydrogens is 264 g/mol. The Labute approximate surface area is 126 Å². The maximum atomic E-state index is 12.3. The van der Waals surface area contributed by atoms with Gasteiger partial charge in [-0.25, -0.2) is 0 Å². The molecule has 21 heavy (non-hydrogen) atoms. The Bertz CT molecular complexity index is 578. The van der Waals surface area contributed by atoms with Gasteiger partial charge in [0.1, 0.15) is 0 Å². The van der Waals surface area contributed by atoms with E-state index >= 15 is 0 Å². The molecule has 0 spiro atoms. The predicted octanol–water partition coefficient (Wildman–Crippen LogP) is 2.35. The number of imide groups is 1. The Morgan fingerprint density at radius 2 is 1.90 bits per heavy atom. The van der Waals surface area contributed by atoms with Crippen molar-refractivity contribution in [3.05, 3.63) is 34.9 Å². The van der Waals surface area contributed by atoms with Crippen molar-refractivity contribution in [1.82, 2.24) is 10.2 Å². The van der Waals surface area contributed by atoms with Crippen LogP contribution in [-0.2, 0) is 9.59 Å². The summed E-state index contributed by atoms with van der Waals surface area (Å²) in [5, 5.41) is 3.21. The molecule has 1 unspecified atom stereocenters. The molecule has 2 amide bonds. The number of amides is 2. The largest absolute Gasteiger partial charge is 0.312 e. The number of carbonyl (C=O) groups is 2. The molecular formula is C17H24N2O2. The maximum absolute atomic E-state index is 12.3. The highest BCUT2D eigenvalue weighted by atomic mass is 16.2. The van der Waals surface area contributed by atoms with Gasteiger partial charge in [0.15, 0.2) is 0 Å². The molecule has 1 aliphatic rings. The first-order valence-corrected chi connectivity index (χ1v) is 7.35. The molecule has 1 aromatic carbocycles. The van der Waals surface area contributed by atoms with Crippen LogP contribution in [0.3, 0.4) is 0 Å². The molecule has 4 heteroatoms. The van der Waals surface area contributed by atoms with Crippen molar-refractivity contribution in [2.45, 2.75) is 40.2 Å². The van der Waals surface area contributed by atoms with E-state index in [0.29, 0.717) is 13.0 Å². The van der Waals surface area contributed by atoms with Gasteiger partial charge in [-0.3, -0.25) is 14.5 Å². The van der Waals surface area contributed by atoms with E-state index in [-0.39, 0.29) is 17.9 Å². The molecule has 1 fully saturated rings. The summed E-state index contributed by atoms with van der Waals surface area (Å²) in [6.45, 7) is 8.19. The Morgan fingerprint density at radius 3 is 2.38 bits per heavy atom. The number of likely N-dealkylation sites (N-methyl/N-ethyl adjacent to an activating group) is 1. The Hall–Kier alpha value is -1.68. The topological polar surface area (TPSA) is 49.4 Å². The fourth-order valence-corrected chi connectivity index (χ4v) is 2.74. The summed E-state index contributed by atoms with van der Waals surface area (Å²) in [6.07, 6.45) is 0.301. The molecule has 1 saturated heterocycles. The minimum atomic E-state index is -0.571. The molecule has 1 aromatic rings. The molecule has 1 N–H and O–H groups in total. The van der Waals surface area contributed by atoms with Gasteiger partial charge in [-0.1, -0.05) is 32.0 Å². The molecule has 0 aliphatic carbocycles. The number of hydrogen-bond acceptors (Lipinski definition) is 3. The van der Waals surface area contributed by atoms with E-state index in [1.807, 2.05) is 20.9 Å². The number of nitrogens with zero attached hydrogens (tertiary/aromatic N) is 1. The molecule has 4 nitrogen and oxygen atoms in total. The molecule has 0 saturated carbocycles. The monoisotopic (exact) mass is 288 g/mol. The van der Waals surface area contributed by atoms with Crippen LogP contribution < -0.4 is 5.32 Å². The van der Waals surface area contributed by atoms with Crippen molar-refractivity contribution in [3.8, 4) is 0 Å². The average molecular weight is 288 g/mol. The molecule has 1 atom stereocenters. The number of rotatable bonds is 4. The fourth-order valence-electron chi connectivity index (χ4n) is 2.74. The highest BCUT2D eigenvalue weighted by Crippen LogP contribution is 2.32. The van der Waals surface area contributed by atoms with Gasteiger partial charge < -0.3 is 5.32 Å². The zero-order chi connectivity index (χ0) is 15.8. The third-order valence-electron chi connectivity index (χ3n) is 4.37. The SMILES string of the molecule is CNC(CN1C(=O)CC(C)(C)C1=O)c1ccc(C)c(C)c1. The summed E-state index contributed by atoms with van der Waals surface area (Å²) in [5.74, 6) is -0.148. The molecule has 0 bridgehead atoms. The highest BCUT2D eigenvalue weighted by molar-refractivity contribution is 6.05. The fraction of sp³-hybridized carbons (Fsp3) is 0.529. The maximum Gasteiger partial charge on any atom is 0.235 e. The van der Waals surface area contributed by atoms with E-state index in [4.69, 9.17) is 0 Å². The van der Waals surface area contributed by atoms with Crippen molar-refractivity contribution in [2.75, 3.05) is 13.6 Å². The smallest absolute Gasteiger partial charge is 0.235 e. The Morgan fingerprint density at radius 1 is 1.24 bits per heavy atom. The van der Waals surface area contributed by atoms with Gasteiger partial charge in [-0.15, -0.1) is 0 Å². The van der Waals surface area contributed by atoms with Crippen molar-refractivity contribution in [1.29, 1.82) is 0 Å². The number of likely N-dealkylation sites (tertiary alicyclic amines) is 1. The zero-order valence-corrected chi connectivity index (χ0v) is 13.5. The first-order valence-electron chi connectivity index (χ1n) is 7.35. The first-order chi connectivity index (χ1) is 9.76. The predicted molar refractivity (Wildman–Crippen MR) is 82.8 cm³/mol. The van der Waals surface area contributed by atoms with E-state index in [0.717, 1.165) is 5.56 Å². The first kappa shape index (κ1) is 15.7. The molecule has 1 aliphatic heterocycles. The van der Waals surface area contributed by atoms with Crippen molar-refractivity contribution >= 4 is 11.8 Å². The van der Waals surface area contributed by atoms with Crippen LogP contribution in [0.5, 0.6) is 0 Å². The number of aryl methyl sites for hydroxylation is 2. The van der Waals surface area contributed by atoms with Gasteiger partial charge in [-0.05, 0) is 37.6 Å². The lowest BCUT2D eigenvalue weighted by molar-refractivity contribution is -0.141. The van der Waals surface area contributed by atoms with Crippen LogP contribution in [0.1, 0.15) is 43.0 Å². The Kier molecular flexibility index (Phi) is 4.19. The Balaban J connectivity index is 2.21. The van der Waals surface area contributed by atoms with Crippen molar-refractivity contribution in [3.63, 3.8) is 0 Å². The van der Waals surface area contributed by atoms with E-state index in [1.165, 1.54) is 16.0 Å². The minimum Gasteiger partial charge on any atom is -0.312 e. The van der Waals surface area contributed by atoms with Gasteiger partial charge in [0, 0.05) is 13.0 Å². The quantitative estimate of drug-likeness (QED) is 0.865. The standard InChI is InChI=1S/C17H24N2O2/c1-11-6-7-13(8-12(11)2)14(18-5)10-19-15(20)9-17(3,4)16(19)21/h6-8,14,18H,9-10H2,1-5H3. The van der Waals surface area contributed by atoms with Gasteiger partial charge in [-0.2, -0.15) is 0 Å². The lowest BCUT2D eigenvalue weighted by Crippen LogP contribution is -2.39. The summed E-state index contributed by atoms with van der Waals surface area (Å²) in [7, 11) is 1.86. The summed E-state index contributed by atoms with van der Waals surface area (Å²) < 4.78 is 0. The second-order valence-corrected chi connectivity index (χ2v) is 6.56. The molecule has 0 aromatic heterocycles.